The number of halogens is 3. The Bertz CT molecular complexity index is 1120. The van der Waals surface area contributed by atoms with Crippen molar-refractivity contribution >= 4 is 28.5 Å². The quantitative estimate of drug-likeness (QED) is 0.467. The number of carbonyl (C=O) groups is 1. The van der Waals surface area contributed by atoms with E-state index in [2.05, 4.69) is 9.97 Å². The summed E-state index contributed by atoms with van der Waals surface area (Å²) in [5, 5.41) is 0.0940. The molecule has 0 aliphatic carbocycles. The molecule has 3 atom stereocenters. The molecule has 1 saturated heterocycles. The lowest BCUT2D eigenvalue weighted by atomic mass is 10.0. The van der Waals surface area contributed by atoms with Crippen molar-refractivity contribution in [3.05, 3.63) is 47.4 Å². The Labute approximate surface area is 188 Å². The van der Waals surface area contributed by atoms with Crippen LogP contribution in [0.25, 0.3) is 11.0 Å². The van der Waals surface area contributed by atoms with E-state index < -0.39 is 12.7 Å². The molecule has 0 bridgehead atoms. The smallest absolute Gasteiger partial charge is 0.320 e. The minimum absolute atomic E-state index is 0.00981. The van der Waals surface area contributed by atoms with Gasteiger partial charge in [-0.2, -0.15) is 13.8 Å². The van der Waals surface area contributed by atoms with E-state index in [0.29, 0.717) is 17.5 Å². The number of imidazole rings is 1. The number of pyridine rings is 1. The SMILES string of the molecule is COc1ccc([C@@H](C)N2CC([C@@H](C)Oc3nc(Cl)cc4ncn(C(F)F)c34)CC2=O)cc1. The van der Waals surface area contributed by atoms with E-state index in [9.17, 15) is 13.6 Å². The molecule has 1 aliphatic heterocycles. The average molecular weight is 465 g/mol. The van der Waals surface area contributed by atoms with Gasteiger partial charge in [0.25, 0.3) is 0 Å². The zero-order chi connectivity index (χ0) is 23.0. The molecule has 1 aromatic carbocycles. The van der Waals surface area contributed by atoms with Gasteiger partial charge in [-0.3, -0.25) is 9.36 Å². The summed E-state index contributed by atoms with van der Waals surface area (Å²) in [4.78, 5) is 22.6. The summed E-state index contributed by atoms with van der Waals surface area (Å²) in [6, 6.07) is 8.87. The number of fused-ring (bicyclic) bond motifs is 1. The Balaban J connectivity index is 1.52. The zero-order valence-electron chi connectivity index (χ0n) is 17.8. The molecule has 1 amide bonds. The Morgan fingerprint density at radius 3 is 2.59 bits per heavy atom. The second kappa shape index (κ2) is 8.90. The van der Waals surface area contributed by atoms with Gasteiger partial charge in [0.1, 0.15) is 28.9 Å². The van der Waals surface area contributed by atoms with E-state index in [-0.39, 0.29) is 39.9 Å². The second-order valence-electron chi connectivity index (χ2n) is 7.83. The number of ether oxygens (including phenoxy) is 2. The van der Waals surface area contributed by atoms with E-state index in [4.69, 9.17) is 21.1 Å². The van der Waals surface area contributed by atoms with E-state index in [1.54, 1.807) is 18.9 Å². The maximum Gasteiger partial charge on any atom is 0.320 e. The predicted octanol–water partition coefficient (Wildman–Crippen LogP) is 4.87. The van der Waals surface area contributed by atoms with Crippen LogP contribution in [0.4, 0.5) is 8.78 Å². The molecule has 170 valence electrons. The Kier molecular flexibility index (Phi) is 6.19. The van der Waals surface area contributed by atoms with Crippen LogP contribution in [0.1, 0.15) is 38.4 Å². The molecule has 0 spiro atoms. The number of hydrogen-bond donors (Lipinski definition) is 0. The summed E-state index contributed by atoms with van der Waals surface area (Å²) in [5.41, 5.74) is 1.33. The third-order valence-electron chi connectivity index (χ3n) is 5.91. The standard InChI is InChI=1S/C22H23ClF2N4O3/c1-12(14-4-6-16(31-3)7-5-14)28-10-15(8-19(28)30)13(2)32-21-20-17(9-18(23)27-21)26-11-29(20)22(24)25/h4-7,9,11-13,15,22H,8,10H2,1-3H3/t12-,13-,15?/m1/s1. The molecule has 2 aromatic heterocycles. The number of alkyl halides is 2. The van der Waals surface area contributed by atoms with Gasteiger partial charge in [-0.25, -0.2) is 4.98 Å². The molecule has 7 nitrogen and oxygen atoms in total. The van der Waals surface area contributed by atoms with Gasteiger partial charge in [0, 0.05) is 24.9 Å². The first kappa shape index (κ1) is 22.3. The monoisotopic (exact) mass is 464 g/mol. The highest BCUT2D eigenvalue weighted by molar-refractivity contribution is 6.30. The molecule has 0 saturated carbocycles. The molecule has 32 heavy (non-hydrogen) atoms. The third kappa shape index (κ3) is 4.21. The number of nitrogens with zero attached hydrogens (tertiary/aromatic N) is 4. The second-order valence-corrected chi connectivity index (χ2v) is 8.22. The van der Waals surface area contributed by atoms with Crippen molar-refractivity contribution in [1.82, 2.24) is 19.4 Å². The molecule has 0 N–H and O–H groups in total. The molecular formula is C22H23ClF2N4O3. The molecule has 1 unspecified atom stereocenters. The van der Waals surface area contributed by atoms with Crippen molar-refractivity contribution in [1.29, 1.82) is 0 Å². The van der Waals surface area contributed by atoms with Crippen LogP contribution in [0.2, 0.25) is 5.15 Å². The normalized spacial score (nSPS) is 18.4. The minimum Gasteiger partial charge on any atom is -0.497 e. The number of benzene rings is 1. The van der Waals surface area contributed by atoms with Crippen molar-refractivity contribution in [2.75, 3.05) is 13.7 Å². The number of methoxy groups -OCH3 is 1. The number of rotatable bonds is 7. The van der Waals surface area contributed by atoms with Crippen molar-refractivity contribution in [2.24, 2.45) is 5.92 Å². The number of carbonyl (C=O) groups excluding carboxylic acids is 1. The first-order valence-electron chi connectivity index (χ1n) is 10.2. The first-order valence-corrected chi connectivity index (χ1v) is 10.6. The van der Waals surface area contributed by atoms with Crippen molar-refractivity contribution in [3.63, 3.8) is 0 Å². The van der Waals surface area contributed by atoms with Crippen LogP contribution in [0.3, 0.4) is 0 Å². The molecule has 10 heteroatoms. The maximum atomic E-state index is 13.4. The minimum atomic E-state index is -2.80. The van der Waals surface area contributed by atoms with E-state index >= 15 is 0 Å². The highest BCUT2D eigenvalue weighted by Crippen LogP contribution is 2.34. The maximum absolute atomic E-state index is 13.4. The summed E-state index contributed by atoms with van der Waals surface area (Å²) in [6.45, 7) is 1.45. The third-order valence-corrected chi connectivity index (χ3v) is 6.11. The van der Waals surface area contributed by atoms with Crippen LogP contribution >= 0.6 is 11.6 Å². The fraction of sp³-hybridized carbons (Fsp3) is 0.409. The van der Waals surface area contributed by atoms with Gasteiger partial charge >= 0.3 is 6.55 Å². The fourth-order valence-electron chi connectivity index (χ4n) is 4.01. The molecule has 1 aliphatic rings. The molecular weight excluding hydrogens is 442 g/mol. The Hall–Kier alpha value is -2.94. The Morgan fingerprint density at radius 1 is 1.22 bits per heavy atom. The van der Waals surface area contributed by atoms with Crippen molar-refractivity contribution in [2.45, 2.75) is 39.0 Å². The summed E-state index contributed by atoms with van der Waals surface area (Å²) < 4.78 is 38.6. The van der Waals surface area contributed by atoms with Gasteiger partial charge in [-0.1, -0.05) is 23.7 Å². The van der Waals surface area contributed by atoms with Gasteiger partial charge in [0.15, 0.2) is 0 Å². The fourth-order valence-corrected chi connectivity index (χ4v) is 4.19. The molecule has 4 rings (SSSR count). The summed E-state index contributed by atoms with van der Waals surface area (Å²) in [6.07, 6.45) is 0.865. The van der Waals surface area contributed by atoms with Gasteiger partial charge in [-0.15, -0.1) is 0 Å². The number of aromatic nitrogens is 3. The molecule has 1 fully saturated rings. The van der Waals surface area contributed by atoms with Crippen LogP contribution in [-0.2, 0) is 4.79 Å². The van der Waals surface area contributed by atoms with E-state index in [1.165, 1.54) is 6.07 Å². The van der Waals surface area contributed by atoms with E-state index in [1.807, 2.05) is 31.2 Å². The lowest BCUT2D eigenvalue weighted by Gasteiger charge is -2.26. The molecule has 3 heterocycles. The van der Waals surface area contributed by atoms with Gasteiger partial charge in [0.2, 0.25) is 11.8 Å². The highest BCUT2D eigenvalue weighted by Gasteiger charge is 2.37. The Morgan fingerprint density at radius 2 is 1.94 bits per heavy atom. The highest BCUT2D eigenvalue weighted by atomic mass is 35.5. The lowest BCUT2D eigenvalue weighted by Crippen LogP contribution is -2.31. The van der Waals surface area contributed by atoms with Gasteiger partial charge < -0.3 is 14.4 Å². The zero-order valence-corrected chi connectivity index (χ0v) is 18.6. The van der Waals surface area contributed by atoms with Crippen LogP contribution in [0.5, 0.6) is 11.6 Å². The molecule has 0 radical (unpaired) electrons. The average Bonchev–Trinajstić information content (AvgIpc) is 3.37. The summed E-state index contributed by atoms with van der Waals surface area (Å²) >= 11 is 6.03. The van der Waals surface area contributed by atoms with Crippen molar-refractivity contribution < 1.29 is 23.0 Å². The largest absolute Gasteiger partial charge is 0.497 e. The lowest BCUT2D eigenvalue weighted by molar-refractivity contribution is -0.129. The topological polar surface area (TPSA) is 69.5 Å². The van der Waals surface area contributed by atoms with E-state index in [0.717, 1.165) is 17.6 Å². The number of hydrogen-bond acceptors (Lipinski definition) is 5. The van der Waals surface area contributed by atoms with Crippen LogP contribution in [0.15, 0.2) is 36.7 Å². The summed E-state index contributed by atoms with van der Waals surface area (Å²) in [5.74, 6) is 0.599. The predicted molar refractivity (Wildman–Crippen MR) is 115 cm³/mol. The van der Waals surface area contributed by atoms with Crippen LogP contribution < -0.4 is 9.47 Å². The van der Waals surface area contributed by atoms with Crippen LogP contribution in [0, 0.1) is 5.92 Å². The van der Waals surface area contributed by atoms with Gasteiger partial charge in [0.05, 0.1) is 18.7 Å². The van der Waals surface area contributed by atoms with Gasteiger partial charge in [-0.05, 0) is 31.5 Å². The first-order chi connectivity index (χ1) is 15.3. The summed E-state index contributed by atoms with van der Waals surface area (Å²) in [7, 11) is 1.60. The number of amides is 1. The van der Waals surface area contributed by atoms with Crippen LogP contribution in [-0.4, -0.2) is 45.1 Å². The molecule has 3 aromatic rings. The van der Waals surface area contributed by atoms with Crippen molar-refractivity contribution in [3.8, 4) is 11.6 Å². The number of likely N-dealkylation sites (tertiary alicyclic amines) is 1.